The van der Waals surface area contributed by atoms with E-state index in [9.17, 15) is 0 Å². The first-order valence-corrected chi connectivity index (χ1v) is 4.49. The van der Waals surface area contributed by atoms with Gasteiger partial charge in [0, 0.05) is 0 Å². The molecule has 0 radical (unpaired) electrons. The standard InChI is InChI=1S/C11H14O/c1-8-3-6-11(9(2)7-8)12-10-4-5-10/h3,6-7,10H,4-5H2,1-2H3. The molecule has 1 aliphatic rings. The molecule has 1 heteroatoms. The third-order valence-electron chi connectivity index (χ3n) is 2.15. The Balaban J connectivity index is 2.18. The summed E-state index contributed by atoms with van der Waals surface area (Å²) in [5.41, 5.74) is 2.55. The van der Waals surface area contributed by atoms with Gasteiger partial charge in [-0.2, -0.15) is 0 Å². The first-order valence-electron chi connectivity index (χ1n) is 4.49. The molecule has 64 valence electrons. The Morgan fingerprint density at radius 1 is 1.25 bits per heavy atom. The smallest absolute Gasteiger partial charge is 0.122 e. The van der Waals surface area contributed by atoms with Crippen LogP contribution in [0.5, 0.6) is 5.75 Å². The van der Waals surface area contributed by atoms with E-state index < -0.39 is 0 Å². The van der Waals surface area contributed by atoms with Gasteiger partial charge in [0.15, 0.2) is 0 Å². The van der Waals surface area contributed by atoms with E-state index in [1.165, 1.54) is 24.0 Å². The number of hydrogen-bond acceptors (Lipinski definition) is 1. The van der Waals surface area contributed by atoms with Crippen LogP contribution >= 0.6 is 0 Å². The fourth-order valence-electron chi connectivity index (χ4n) is 1.30. The lowest BCUT2D eigenvalue weighted by Gasteiger charge is -2.07. The maximum absolute atomic E-state index is 5.71. The van der Waals surface area contributed by atoms with Gasteiger partial charge >= 0.3 is 0 Å². The van der Waals surface area contributed by atoms with Crippen molar-refractivity contribution in [3.05, 3.63) is 29.3 Å². The highest BCUT2D eigenvalue weighted by Gasteiger charge is 2.23. The largest absolute Gasteiger partial charge is 0.490 e. The van der Waals surface area contributed by atoms with Crippen molar-refractivity contribution in [3.63, 3.8) is 0 Å². The van der Waals surface area contributed by atoms with E-state index in [0.29, 0.717) is 6.10 Å². The van der Waals surface area contributed by atoms with Crippen LogP contribution in [-0.2, 0) is 0 Å². The summed E-state index contributed by atoms with van der Waals surface area (Å²) >= 11 is 0. The van der Waals surface area contributed by atoms with Gasteiger partial charge in [0.1, 0.15) is 5.75 Å². The molecular weight excluding hydrogens is 148 g/mol. The molecule has 1 nitrogen and oxygen atoms in total. The molecule has 1 saturated carbocycles. The van der Waals surface area contributed by atoms with Crippen molar-refractivity contribution in [1.82, 2.24) is 0 Å². The van der Waals surface area contributed by atoms with Crippen LogP contribution in [0.15, 0.2) is 18.2 Å². The second kappa shape index (κ2) is 2.81. The van der Waals surface area contributed by atoms with Gasteiger partial charge in [0.25, 0.3) is 0 Å². The van der Waals surface area contributed by atoms with Crippen molar-refractivity contribution in [2.24, 2.45) is 0 Å². The summed E-state index contributed by atoms with van der Waals surface area (Å²) in [4.78, 5) is 0. The van der Waals surface area contributed by atoms with Gasteiger partial charge < -0.3 is 4.74 Å². The molecule has 2 rings (SSSR count). The first kappa shape index (κ1) is 7.66. The van der Waals surface area contributed by atoms with Crippen LogP contribution in [0.1, 0.15) is 24.0 Å². The number of ether oxygens (including phenoxy) is 1. The van der Waals surface area contributed by atoms with E-state index >= 15 is 0 Å². The van der Waals surface area contributed by atoms with E-state index in [-0.39, 0.29) is 0 Å². The van der Waals surface area contributed by atoms with E-state index in [4.69, 9.17) is 4.74 Å². The van der Waals surface area contributed by atoms with Crippen LogP contribution in [0.25, 0.3) is 0 Å². The second-order valence-electron chi connectivity index (χ2n) is 3.59. The van der Waals surface area contributed by atoms with Crippen LogP contribution in [0.2, 0.25) is 0 Å². The Hall–Kier alpha value is -0.980. The maximum atomic E-state index is 5.71. The van der Waals surface area contributed by atoms with Crippen molar-refractivity contribution < 1.29 is 4.74 Å². The fraction of sp³-hybridized carbons (Fsp3) is 0.455. The van der Waals surface area contributed by atoms with Gasteiger partial charge in [0.2, 0.25) is 0 Å². The number of hydrogen-bond donors (Lipinski definition) is 0. The molecule has 1 aromatic carbocycles. The van der Waals surface area contributed by atoms with E-state index in [2.05, 4.69) is 32.0 Å². The minimum atomic E-state index is 0.506. The van der Waals surface area contributed by atoms with Crippen LogP contribution in [-0.4, -0.2) is 6.10 Å². The Morgan fingerprint density at radius 3 is 2.58 bits per heavy atom. The predicted molar refractivity (Wildman–Crippen MR) is 49.6 cm³/mol. The predicted octanol–water partition coefficient (Wildman–Crippen LogP) is 2.84. The summed E-state index contributed by atoms with van der Waals surface area (Å²) in [6, 6.07) is 6.34. The SMILES string of the molecule is Cc1ccc(OC2CC2)c(C)c1. The van der Waals surface area contributed by atoms with Gasteiger partial charge in [-0.3, -0.25) is 0 Å². The molecule has 0 heterocycles. The van der Waals surface area contributed by atoms with E-state index in [0.717, 1.165) is 5.75 Å². The first-order chi connectivity index (χ1) is 5.75. The van der Waals surface area contributed by atoms with Crippen LogP contribution in [0.4, 0.5) is 0 Å². The molecule has 1 fully saturated rings. The van der Waals surface area contributed by atoms with Crippen molar-refractivity contribution >= 4 is 0 Å². The zero-order valence-electron chi connectivity index (χ0n) is 7.63. The highest BCUT2D eigenvalue weighted by molar-refractivity contribution is 5.36. The maximum Gasteiger partial charge on any atom is 0.122 e. The Kier molecular flexibility index (Phi) is 1.80. The molecule has 12 heavy (non-hydrogen) atoms. The van der Waals surface area contributed by atoms with Gasteiger partial charge in [-0.1, -0.05) is 17.7 Å². The molecular formula is C11H14O. The van der Waals surface area contributed by atoms with Crippen LogP contribution in [0, 0.1) is 13.8 Å². The Labute approximate surface area is 73.4 Å². The van der Waals surface area contributed by atoms with Crippen molar-refractivity contribution in [1.29, 1.82) is 0 Å². The molecule has 1 aliphatic carbocycles. The average molecular weight is 162 g/mol. The molecule has 0 saturated heterocycles. The Morgan fingerprint density at radius 2 is 2.00 bits per heavy atom. The van der Waals surface area contributed by atoms with Gasteiger partial charge in [0.05, 0.1) is 6.10 Å². The van der Waals surface area contributed by atoms with Crippen molar-refractivity contribution in [3.8, 4) is 5.75 Å². The number of aryl methyl sites for hydroxylation is 2. The lowest BCUT2D eigenvalue weighted by atomic mass is 10.1. The van der Waals surface area contributed by atoms with Gasteiger partial charge in [-0.25, -0.2) is 0 Å². The third kappa shape index (κ3) is 1.60. The average Bonchev–Trinajstić information content (AvgIpc) is 2.79. The highest BCUT2D eigenvalue weighted by Crippen LogP contribution is 2.28. The molecule has 0 aliphatic heterocycles. The zero-order valence-corrected chi connectivity index (χ0v) is 7.63. The molecule has 1 aromatic rings. The fourth-order valence-corrected chi connectivity index (χ4v) is 1.30. The van der Waals surface area contributed by atoms with Crippen molar-refractivity contribution in [2.45, 2.75) is 32.8 Å². The minimum Gasteiger partial charge on any atom is -0.490 e. The van der Waals surface area contributed by atoms with Crippen molar-refractivity contribution in [2.75, 3.05) is 0 Å². The number of rotatable bonds is 2. The number of benzene rings is 1. The molecule has 0 spiro atoms. The van der Waals surface area contributed by atoms with E-state index in [1.54, 1.807) is 0 Å². The van der Waals surface area contributed by atoms with Gasteiger partial charge in [-0.05, 0) is 38.3 Å². The summed E-state index contributed by atoms with van der Waals surface area (Å²) in [5.74, 6) is 1.06. The molecule has 0 N–H and O–H groups in total. The lowest BCUT2D eigenvalue weighted by Crippen LogP contribution is -1.97. The molecule has 0 bridgehead atoms. The highest BCUT2D eigenvalue weighted by atomic mass is 16.5. The monoisotopic (exact) mass is 162 g/mol. The van der Waals surface area contributed by atoms with Gasteiger partial charge in [-0.15, -0.1) is 0 Å². The van der Waals surface area contributed by atoms with Crippen LogP contribution < -0.4 is 4.74 Å². The minimum absolute atomic E-state index is 0.506. The summed E-state index contributed by atoms with van der Waals surface area (Å²) in [6.07, 6.45) is 2.96. The molecule has 0 unspecified atom stereocenters. The van der Waals surface area contributed by atoms with Crippen LogP contribution in [0.3, 0.4) is 0 Å². The zero-order chi connectivity index (χ0) is 8.55. The lowest BCUT2D eigenvalue weighted by molar-refractivity contribution is 0.301. The summed E-state index contributed by atoms with van der Waals surface area (Å²) in [7, 11) is 0. The third-order valence-corrected chi connectivity index (χ3v) is 2.15. The van der Waals surface area contributed by atoms with E-state index in [1.807, 2.05) is 0 Å². The quantitative estimate of drug-likeness (QED) is 0.649. The molecule has 0 amide bonds. The topological polar surface area (TPSA) is 9.23 Å². The normalized spacial score (nSPS) is 16.2. The Bertz CT molecular complexity index is 287. The second-order valence-corrected chi connectivity index (χ2v) is 3.59. The summed E-state index contributed by atoms with van der Waals surface area (Å²) in [6.45, 7) is 4.21. The summed E-state index contributed by atoms with van der Waals surface area (Å²) < 4.78 is 5.71. The molecule has 0 aromatic heterocycles. The molecule has 0 atom stereocenters. The summed E-state index contributed by atoms with van der Waals surface area (Å²) in [5, 5.41) is 0.